The summed E-state index contributed by atoms with van der Waals surface area (Å²) >= 11 is 0. The van der Waals surface area contributed by atoms with Gasteiger partial charge < -0.3 is 15.2 Å². The summed E-state index contributed by atoms with van der Waals surface area (Å²) in [5.41, 5.74) is 0.533. The second-order valence-corrected chi connectivity index (χ2v) is 5.23. The van der Waals surface area contributed by atoms with Crippen molar-refractivity contribution in [3.8, 4) is 5.75 Å². The summed E-state index contributed by atoms with van der Waals surface area (Å²) in [6, 6.07) is 19.5. The third-order valence-electron chi connectivity index (χ3n) is 3.48. The number of carboxylic acids is 1. The molecule has 5 nitrogen and oxygen atoms in total. The van der Waals surface area contributed by atoms with Crippen LogP contribution < -0.4 is 10.1 Å². The normalized spacial score (nSPS) is 10.3. The molecule has 0 spiro atoms. The second-order valence-electron chi connectivity index (χ2n) is 5.23. The van der Waals surface area contributed by atoms with Crippen molar-refractivity contribution in [1.29, 1.82) is 0 Å². The van der Waals surface area contributed by atoms with E-state index in [9.17, 15) is 9.59 Å². The van der Waals surface area contributed by atoms with Crippen molar-refractivity contribution in [1.82, 2.24) is 0 Å². The number of benzene rings is 3. The van der Waals surface area contributed by atoms with E-state index < -0.39 is 5.97 Å². The zero-order chi connectivity index (χ0) is 16.9. The maximum Gasteiger partial charge on any atom is 0.335 e. The van der Waals surface area contributed by atoms with E-state index in [0.717, 1.165) is 10.8 Å². The molecule has 1 amide bonds. The number of carbonyl (C=O) groups excluding carboxylic acids is 1. The van der Waals surface area contributed by atoms with Gasteiger partial charge in [-0.1, -0.05) is 36.4 Å². The van der Waals surface area contributed by atoms with Crippen LogP contribution in [-0.2, 0) is 4.79 Å². The molecule has 0 bridgehead atoms. The molecular formula is C19H15NO4. The first-order valence-corrected chi connectivity index (χ1v) is 7.36. The van der Waals surface area contributed by atoms with Crippen LogP contribution >= 0.6 is 0 Å². The van der Waals surface area contributed by atoms with Crippen LogP contribution in [0.15, 0.2) is 66.7 Å². The molecule has 0 fully saturated rings. The van der Waals surface area contributed by atoms with Gasteiger partial charge in [0.05, 0.1) is 5.56 Å². The number of amides is 1. The fraction of sp³-hybridized carbons (Fsp3) is 0.0526. The molecule has 0 saturated carbocycles. The molecule has 24 heavy (non-hydrogen) atoms. The highest BCUT2D eigenvalue weighted by atomic mass is 16.5. The molecule has 0 radical (unpaired) electrons. The molecule has 3 aromatic rings. The summed E-state index contributed by atoms with van der Waals surface area (Å²) in [7, 11) is 0. The molecule has 0 saturated heterocycles. The summed E-state index contributed by atoms with van der Waals surface area (Å²) in [6.07, 6.45) is 0. The number of hydrogen-bond acceptors (Lipinski definition) is 3. The minimum Gasteiger partial charge on any atom is -0.484 e. The lowest BCUT2D eigenvalue weighted by Gasteiger charge is -2.09. The largest absolute Gasteiger partial charge is 0.484 e. The van der Waals surface area contributed by atoms with Gasteiger partial charge >= 0.3 is 5.97 Å². The lowest BCUT2D eigenvalue weighted by atomic mass is 10.1. The Bertz CT molecular complexity index is 905. The Morgan fingerprint density at radius 1 is 0.917 bits per heavy atom. The zero-order valence-corrected chi connectivity index (χ0v) is 12.7. The van der Waals surface area contributed by atoms with Gasteiger partial charge in [0.15, 0.2) is 6.61 Å². The van der Waals surface area contributed by atoms with Crippen LogP contribution in [0.2, 0.25) is 0 Å². The van der Waals surface area contributed by atoms with Gasteiger partial charge in [-0.15, -0.1) is 0 Å². The molecule has 0 heterocycles. The molecule has 0 atom stereocenters. The second kappa shape index (κ2) is 6.83. The quantitative estimate of drug-likeness (QED) is 0.753. The molecule has 3 rings (SSSR count). The summed E-state index contributed by atoms with van der Waals surface area (Å²) in [6.45, 7) is -0.157. The molecule has 0 aliphatic heterocycles. The first-order chi connectivity index (χ1) is 11.6. The number of hydrogen-bond donors (Lipinski definition) is 2. The van der Waals surface area contributed by atoms with Gasteiger partial charge in [0.25, 0.3) is 5.91 Å². The van der Waals surface area contributed by atoms with Gasteiger partial charge in [0, 0.05) is 5.69 Å². The number of carboxylic acid groups (broad SMARTS) is 1. The van der Waals surface area contributed by atoms with Gasteiger partial charge in [0.1, 0.15) is 5.75 Å². The number of rotatable bonds is 5. The predicted octanol–water partition coefficient (Wildman–Crippen LogP) is 3.56. The van der Waals surface area contributed by atoms with Crippen LogP contribution in [0.5, 0.6) is 5.75 Å². The molecule has 0 aliphatic rings. The number of aromatic carboxylic acids is 1. The lowest BCUT2D eigenvalue weighted by Crippen LogP contribution is -2.20. The van der Waals surface area contributed by atoms with Crippen molar-refractivity contribution in [3.63, 3.8) is 0 Å². The summed E-state index contributed by atoms with van der Waals surface area (Å²) < 4.78 is 5.50. The van der Waals surface area contributed by atoms with E-state index in [1.807, 2.05) is 36.4 Å². The van der Waals surface area contributed by atoms with Crippen molar-refractivity contribution in [2.75, 3.05) is 11.9 Å². The molecule has 0 unspecified atom stereocenters. The first-order valence-electron chi connectivity index (χ1n) is 7.36. The van der Waals surface area contributed by atoms with Crippen LogP contribution in [0.4, 0.5) is 5.69 Å². The SMILES string of the molecule is O=C(COc1ccc2ccccc2c1)Nc1cccc(C(=O)O)c1. The van der Waals surface area contributed by atoms with E-state index in [2.05, 4.69) is 5.32 Å². The fourth-order valence-electron chi connectivity index (χ4n) is 2.33. The van der Waals surface area contributed by atoms with Crippen LogP contribution in [0, 0.1) is 0 Å². The van der Waals surface area contributed by atoms with E-state index in [-0.39, 0.29) is 18.1 Å². The first kappa shape index (κ1) is 15.6. The number of fused-ring (bicyclic) bond motifs is 1. The Morgan fingerprint density at radius 2 is 1.71 bits per heavy atom. The van der Waals surface area contributed by atoms with E-state index in [1.54, 1.807) is 18.2 Å². The molecule has 5 heteroatoms. The van der Waals surface area contributed by atoms with Crippen molar-refractivity contribution in [2.24, 2.45) is 0 Å². The minimum absolute atomic E-state index is 0.114. The van der Waals surface area contributed by atoms with E-state index in [0.29, 0.717) is 11.4 Å². The number of nitrogens with one attached hydrogen (secondary N) is 1. The van der Waals surface area contributed by atoms with Crippen molar-refractivity contribution >= 4 is 28.3 Å². The molecular weight excluding hydrogens is 306 g/mol. The Hall–Kier alpha value is -3.34. The molecule has 120 valence electrons. The molecule has 2 N–H and O–H groups in total. The highest BCUT2D eigenvalue weighted by Gasteiger charge is 2.07. The van der Waals surface area contributed by atoms with Gasteiger partial charge in [-0.05, 0) is 41.1 Å². The average Bonchev–Trinajstić information content (AvgIpc) is 2.60. The molecule has 3 aromatic carbocycles. The van der Waals surface area contributed by atoms with Crippen molar-refractivity contribution < 1.29 is 19.4 Å². The summed E-state index contributed by atoms with van der Waals surface area (Å²) in [4.78, 5) is 22.9. The maximum absolute atomic E-state index is 11.9. The highest BCUT2D eigenvalue weighted by molar-refractivity contribution is 5.94. The Kier molecular flexibility index (Phi) is 4.43. The average molecular weight is 321 g/mol. The monoisotopic (exact) mass is 321 g/mol. The van der Waals surface area contributed by atoms with Crippen LogP contribution in [0.3, 0.4) is 0 Å². The van der Waals surface area contributed by atoms with Crippen LogP contribution in [0.1, 0.15) is 10.4 Å². The zero-order valence-electron chi connectivity index (χ0n) is 12.7. The van der Waals surface area contributed by atoms with E-state index >= 15 is 0 Å². The molecule has 0 aliphatic carbocycles. The number of anilines is 1. The minimum atomic E-state index is -1.04. The lowest BCUT2D eigenvalue weighted by molar-refractivity contribution is -0.118. The van der Waals surface area contributed by atoms with Crippen LogP contribution in [0.25, 0.3) is 10.8 Å². The smallest absolute Gasteiger partial charge is 0.335 e. The Morgan fingerprint density at radius 3 is 2.50 bits per heavy atom. The van der Waals surface area contributed by atoms with Crippen molar-refractivity contribution in [3.05, 3.63) is 72.3 Å². The number of carbonyl (C=O) groups is 2. The maximum atomic E-state index is 11.9. The number of ether oxygens (including phenoxy) is 1. The topological polar surface area (TPSA) is 75.6 Å². The Labute approximate surface area is 138 Å². The third kappa shape index (κ3) is 3.70. The van der Waals surface area contributed by atoms with Gasteiger partial charge in [-0.2, -0.15) is 0 Å². The van der Waals surface area contributed by atoms with Crippen molar-refractivity contribution in [2.45, 2.75) is 0 Å². The highest BCUT2D eigenvalue weighted by Crippen LogP contribution is 2.20. The van der Waals surface area contributed by atoms with Gasteiger partial charge in [0.2, 0.25) is 0 Å². The Balaban J connectivity index is 1.62. The van der Waals surface area contributed by atoms with E-state index in [1.165, 1.54) is 12.1 Å². The van der Waals surface area contributed by atoms with Gasteiger partial charge in [-0.25, -0.2) is 4.79 Å². The van der Waals surface area contributed by atoms with E-state index in [4.69, 9.17) is 9.84 Å². The molecule has 0 aromatic heterocycles. The van der Waals surface area contributed by atoms with Crippen LogP contribution in [-0.4, -0.2) is 23.6 Å². The third-order valence-corrected chi connectivity index (χ3v) is 3.48. The van der Waals surface area contributed by atoms with Gasteiger partial charge in [-0.3, -0.25) is 4.79 Å². The predicted molar refractivity (Wildman–Crippen MR) is 91.5 cm³/mol. The summed E-state index contributed by atoms with van der Waals surface area (Å²) in [5.74, 6) is -0.799. The standard InChI is InChI=1S/C19H15NO4/c21-18(20-16-7-3-6-15(10-16)19(22)23)12-24-17-9-8-13-4-1-2-5-14(13)11-17/h1-11H,12H2,(H,20,21)(H,22,23). The summed E-state index contributed by atoms with van der Waals surface area (Å²) in [5, 5.41) is 13.7. The fourth-order valence-corrected chi connectivity index (χ4v) is 2.33.